The van der Waals surface area contributed by atoms with Gasteiger partial charge in [0.25, 0.3) is 11.8 Å². The van der Waals surface area contributed by atoms with Crippen LogP contribution in [0.4, 0.5) is 32.0 Å². The molecule has 218 valence electrons. The molecular weight excluding hydrogens is 566 g/mol. The van der Waals surface area contributed by atoms with Gasteiger partial charge in [0, 0.05) is 36.2 Å². The summed E-state index contributed by atoms with van der Waals surface area (Å²) in [5, 5.41) is 6.12. The smallest absolute Gasteiger partial charge is 0.380 e. The number of halogens is 6. The number of alkyl halides is 6. The Morgan fingerprint density at radius 2 is 1.85 bits per heavy atom. The van der Waals surface area contributed by atoms with Crippen LogP contribution in [0.1, 0.15) is 54.4 Å². The summed E-state index contributed by atoms with van der Waals surface area (Å²) in [6.45, 7) is 1.29. The molecule has 0 spiro atoms. The molecule has 0 unspecified atom stereocenters. The van der Waals surface area contributed by atoms with Crippen molar-refractivity contribution < 1.29 is 44.9 Å². The summed E-state index contributed by atoms with van der Waals surface area (Å²) in [7, 11) is -3.28. The predicted molar refractivity (Wildman–Crippen MR) is 130 cm³/mol. The van der Waals surface area contributed by atoms with Gasteiger partial charge in [-0.2, -0.15) is 22.6 Å². The fourth-order valence-electron chi connectivity index (χ4n) is 5.08. The van der Waals surface area contributed by atoms with Gasteiger partial charge in [-0.25, -0.2) is 17.4 Å². The van der Waals surface area contributed by atoms with Crippen molar-refractivity contribution in [1.29, 1.82) is 0 Å². The Hall–Kier alpha value is -2.94. The maximum Gasteiger partial charge on any atom is 0.420 e. The lowest BCUT2D eigenvalue weighted by Gasteiger charge is -2.44. The number of carbonyl (C=O) groups excluding carboxylic acids is 2. The van der Waals surface area contributed by atoms with E-state index in [0.29, 0.717) is 4.68 Å². The zero-order valence-electron chi connectivity index (χ0n) is 21.5. The van der Waals surface area contributed by atoms with Gasteiger partial charge in [0.05, 0.1) is 28.9 Å². The highest BCUT2D eigenvalue weighted by molar-refractivity contribution is 7.93. The molecule has 1 N–H and O–H groups in total. The highest BCUT2D eigenvalue weighted by Crippen LogP contribution is 2.55. The Balaban J connectivity index is 1.50. The molecule has 2 amide bonds. The minimum absolute atomic E-state index is 0.0361. The maximum atomic E-state index is 15.0. The molecule has 15 heteroatoms. The van der Waals surface area contributed by atoms with E-state index in [9.17, 15) is 35.8 Å². The first kappa shape index (κ1) is 28.6. The fraction of sp³-hybridized carbons (Fsp3) is 0.560. The van der Waals surface area contributed by atoms with E-state index in [1.165, 1.54) is 37.4 Å². The van der Waals surface area contributed by atoms with E-state index in [1.807, 2.05) is 0 Å². The third kappa shape index (κ3) is 5.49. The molecule has 1 aromatic carbocycles. The van der Waals surface area contributed by atoms with Crippen LogP contribution in [0, 0.1) is 11.3 Å². The number of carbonyl (C=O) groups is 2. The minimum atomic E-state index is -5.17. The maximum absolute atomic E-state index is 15.0. The molecule has 1 atom stereocenters. The van der Waals surface area contributed by atoms with E-state index < -0.39 is 87.0 Å². The van der Waals surface area contributed by atoms with Gasteiger partial charge in [-0.3, -0.25) is 14.3 Å². The first-order valence-corrected chi connectivity index (χ1v) is 14.3. The number of ether oxygens (including phenoxy) is 1. The van der Waals surface area contributed by atoms with Gasteiger partial charge in [-0.15, -0.1) is 0 Å². The number of nitrogens with one attached hydrogen (secondary N) is 1. The number of benzene rings is 1. The summed E-state index contributed by atoms with van der Waals surface area (Å²) in [5.41, 5.74) is -7.11. The summed E-state index contributed by atoms with van der Waals surface area (Å²) >= 11 is 0. The van der Waals surface area contributed by atoms with Gasteiger partial charge in [0.2, 0.25) is 5.92 Å². The first-order valence-electron chi connectivity index (χ1n) is 12.4. The van der Waals surface area contributed by atoms with Crippen molar-refractivity contribution >= 4 is 27.2 Å². The number of hydrogen-bond donors (Lipinski definition) is 1. The second-order valence-electron chi connectivity index (χ2n) is 11.2. The summed E-state index contributed by atoms with van der Waals surface area (Å²) in [6.07, 6.45) is -5.64. The van der Waals surface area contributed by atoms with Gasteiger partial charge in [-0.05, 0) is 36.5 Å². The van der Waals surface area contributed by atoms with Crippen LogP contribution < -0.4 is 5.32 Å². The molecule has 40 heavy (non-hydrogen) atoms. The number of rotatable bonds is 7. The van der Waals surface area contributed by atoms with Gasteiger partial charge >= 0.3 is 6.18 Å². The highest BCUT2D eigenvalue weighted by Gasteiger charge is 2.57. The second kappa shape index (κ2) is 9.29. The predicted octanol–water partition coefficient (Wildman–Crippen LogP) is 5.18. The Morgan fingerprint density at radius 3 is 2.38 bits per heavy atom. The number of amides is 2. The molecule has 5 rings (SSSR count). The van der Waals surface area contributed by atoms with Crippen LogP contribution in [0.2, 0.25) is 0 Å². The van der Waals surface area contributed by atoms with E-state index in [0.717, 1.165) is 0 Å². The number of aromatic nitrogens is 2. The van der Waals surface area contributed by atoms with E-state index in [-0.39, 0.29) is 36.6 Å². The summed E-state index contributed by atoms with van der Waals surface area (Å²) in [4.78, 5) is 25.6. The average molecular weight is 593 g/mol. The van der Waals surface area contributed by atoms with Gasteiger partial charge in [0.1, 0.15) is 17.0 Å². The lowest BCUT2D eigenvalue weighted by molar-refractivity contribution is -0.160. The lowest BCUT2D eigenvalue weighted by Crippen LogP contribution is -2.47. The SMILES string of the molecule is CC1(Cn2nc(C3(F)CC3)c(C(F)(F)F)c2C(=O)Nc2cccc([S@](C)(=O)=NC(=O)C3COC3)c2)CC(F)(F)C1. The molecule has 0 bridgehead atoms. The van der Waals surface area contributed by atoms with Crippen molar-refractivity contribution in [2.24, 2.45) is 15.7 Å². The minimum Gasteiger partial charge on any atom is -0.380 e. The zero-order valence-corrected chi connectivity index (χ0v) is 22.3. The zero-order chi connectivity index (χ0) is 29.3. The molecule has 3 fully saturated rings. The van der Waals surface area contributed by atoms with Crippen LogP contribution in [0.3, 0.4) is 0 Å². The molecule has 8 nitrogen and oxygen atoms in total. The molecule has 0 radical (unpaired) electrons. The number of hydrogen-bond acceptors (Lipinski definition) is 5. The van der Waals surface area contributed by atoms with E-state index in [4.69, 9.17) is 4.74 Å². The number of nitrogens with zero attached hydrogens (tertiary/aromatic N) is 3. The lowest BCUT2D eigenvalue weighted by atomic mass is 9.67. The van der Waals surface area contributed by atoms with Crippen molar-refractivity contribution in [3.05, 3.63) is 41.2 Å². The topological polar surface area (TPSA) is 103 Å². The van der Waals surface area contributed by atoms with Gasteiger partial charge < -0.3 is 10.1 Å². The van der Waals surface area contributed by atoms with Gasteiger partial charge in [-0.1, -0.05) is 13.0 Å². The van der Waals surface area contributed by atoms with Crippen LogP contribution in [0.15, 0.2) is 33.5 Å². The molecular formula is C25H26F6N4O4S. The first-order chi connectivity index (χ1) is 18.4. The molecule has 2 saturated carbocycles. The van der Waals surface area contributed by atoms with Crippen LogP contribution in [-0.4, -0.2) is 51.2 Å². The standard InChI is InChI=1S/C25H26F6N4O4S/c1-22(11-24(27,28)12-22)13-35-18(17(25(29,30)31)19(33-35)23(26)6-7-23)21(37)32-15-4-3-5-16(8-15)40(2,38)34-20(36)14-9-39-10-14/h3-5,8,14H,6-7,9-13H2,1-2H3,(H,32,37)/t40-/m0/s1. The molecule has 3 aliphatic rings. The van der Waals surface area contributed by atoms with E-state index in [1.54, 1.807) is 0 Å². The van der Waals surface area contributed by atoms with Crippen molar-refractivity contribution in [3.63, 3.8) is 0 Å². The van der Waals surface area contributed by atoms with Crippen molar-refractivity contribution in [3.8, 4) is 0 Å². The summed E-state index contributed by atoms with van der Waals surface area (Å²) < 4.78 is 108. The van der Waals surface area contributed by atoms with Crippen molar-refractivity contribution in [1.82, 2.24) is 9.78 Å². The quantitative estimate of drug-likeness (QED) is 0.447. The molecule has 1 aromatic heterocycles. The third-order valence-electron chi connectivity index (χ3n) is 7.25. The molecule has 2 aromatic rings. The van der Waals surface area contributed by atoms with Crippen molar-refractivity contribution in [2.45, 2.75) is 61.8 Å². The molecule has 2 heterocycles. The normalized spacial score (nSPS) is 22.4. The Labute approximate surface area is 225 Å². The van der Waals surface area contributed by atoms with E-state index in [2.05, 4.69) is 14.8 Å². The fourth-order valence-corrected chi connectivity index (χ4v) is 6.36. The summed E-state index contributed by atoms with van der Waals surface area (Å²) in [5.74, 6) is -5.43. The Bertz CT molecular complexity index is 1490. The molecule has 1 aliphatic heterocycles. The highest BCUT2D eigenvalue weighted by atomic mass is 32.2. The molecule has 1 saturated heterocycles. The average Bonchev–Trinajstić information content (AvgIpc) is 3.37. The van der Waals surface area contributed by atoms with Crippen LogP contribution in [0.25, 0.3) is 0 Å². The number of anilines is 1. The largest absolute Gasteiger partial charge is 0.420 e. The Morgan fingerprint density at radius 1 is 1.20 bits per heavy atom. The molecule has 2 aliphatic carbocycles. The third-order valence-corrected chi connectivity index (χ3v) is 8.90. The van der Waals surface area contributed by atoms with Crippen LogP contribution in [0.5, 0.6) is 0 Å². The Kier molecular flexibility index (Phi) is 6.64. The van der Waals surface area contributed by atoms with Crippen LogP contribution >= 0.6 is 0 Å². The van der Waals surface area contributed by atoms with Crippen LogP contribution in [-0.2, 0) is 37.7 Å². The monoisotopic (exact) mass is 592 g/mol. The van der Waals surface area contributed by atoms with E-state index >= 15 is 4.39 Å². The van der Waals surface area contributed by atoms with Gasteiger partial charge in [0.15, 0.2) is 5.67 Å². The van der Waals surface area contributed by atoms with Crippen molar-refractivity contribution in [2.75, 3.05) is 24.8 Å². The second-order valence-corrected chi connectivity index (χ2v) is 13.4. The summed E-state index contributed by atoms with van der Waals surface area (Å²) in [6, 6.07) is 5.27.